The predicted molar refractivity (Wildman–Crippen MR) is 84.7 cm³/mol. The first-order chi connectivity index (χ1) is 9.74. The first-order valence-corrected chi connectivity index (χ1v) is 8.10. The van der Waals surface area contributed by atoms with Gasteiger partial charge in [0.2, 0.25) is 0 Å². The highest BCUT2D eigenvalue weighted by Crippen LogP contribution is 2.29. The Labute approximate surface area is 124 Å². The molecule has 0 amide bonds. The summed E-state index contributed by atoms with van der Waals surface area (Å²) in [5, 5.41) is 3.52. The zero-order valence-corrected chi connectivity index (χ0v) is 12.9. The fourth-order valence-electron chi connectivity index (χ4n) is 2.63. The minimum atomic E-state index is 0.275. The van der Waals surface area contributed by atoms with Crippen LogP contribution >= 0.6 is 11.3 Å². The van der Waals surface area contributed by atoms with Crippen LogP contribution in [0.25, 0.3) is 0 Å². The molecule has 106 valence electrons. The van der Waals surface area contributed by atoms with Gasteiger partial charge in [-0.15, -0.1) is 11.3 Å². The molecule has 1 unspecified atom stereocenters. The minimum absolute atomic E-state index is 0.275. The lowest BCUT2D eigenvalue weighted by molar-refractivity contribution is 0.227. The Hall–Kier alpha value is -1.32. The number of benzene rings is 1. The summed E-state index contributed by atoms with van der Waals surface area (Å²) in [6.07, 6.45) is 2.43. The third-order valence-electron chi connectivity index (χ3n) is 3.69. The second kappa shape index (κ2) is 5.98. The van der Waals surface area contributed by atoms with Crippen LogP contribution in [0.5, 0.6) is 5.75 Å². The van der Waals surface area contributed by atoms with Crippen LogP contribution in [0, 0.1) is 6.92 Å². The molecule has 1 N–H and O–H groups in total. The van der Waals surface area contributed by atoms with E-state index in [1.807, 2.05) is 11.3 Å². The van der Waals surface area contributed by atoms with Crippen molar-refractivity contribution in [2.45, 2.75) is 39.3 Å². The highest BCUT2D eigenvalue weighted by molar-refractivity contribution is 7.11. The molecular formula is C17H21NOS. The standard InChI is InChI=1S/C17H21NOS/c1-3-15-5-6-16(20-15)11-18-10-14-9-13-8-12(2)4-7-17(13)19-14/h4-8,14,18H,3,9-11H2,1-2H3. The van der Waals surface area contributed by atoms with Gasteiger partial charge in [0.15, 0.2) is 0 Å². The molecule has 1 aliphatic heterocycles. The van der Waals surface area contributed by atoms with Crippen molar-refractivity contribution in [2.24, 2.45) is 0 Å². The molecule has 1 aromatic heterocycles. The molecule has 3 heteroatoms. The van der Waals surface area contributed by atoms with E-state index in [1.165, 1.54) is 20.9 Å². The molecule has 0 aliphatic carbocycles. The fraction of sp³-hybridized carbons (Fsp3) is 0.412. The van der Waals surface area contributed by atoms with E-state index in [1.54, 1.807) is 0 Å². The van der Waals surface area contributed by atoms with Gasteiger partial charge in [0.05, 0.1) is 0 Å². The van der Waals surface area contributed by atoms with Crippen LogP contribution in [0.3, 0.4) is 0 Å². The highest BCUT2D eigenvalue weighted by Gasteiger charge is 2.22. The summed E-state index contributed by atoms with van der Waals surface area (Å²) in [6.45, 7) is 6.19. The van der Waals surface area contributed by atoms with Gasteiger partial charge >= 0.3 is 0 Å². The number of rotatable bonds is 5. The van der Waals surface area contributed by atoms with E-state index in [2.05, 4.69) is 49.5 Å². The lowest BCUT2D eigenvalue weighted by Gasteiger charge is -2.11. The van der Waals surface area contributed by atoms with E-state index in [0.717, 1.165) is 31.7 Å². The van der Waals surface area contributed by atoms with Crippen LogP contribution in [0.1, 0.15) is 27.8 Å². The van der Waals surface area contributed by atoms with E-state index in [4.69, 9.17) is 4.74 Å². The molecule has 2 heterocycles. The van der Waals surface area contributed by atoms with Gasteiger partial charge in [0.1, 0.15) is 11.9 Å². The molecule has 1 atom stereocenters. The highest BCUT2D eigenvalue weighted by atomic mass is 32.1. The Kier molecular flexibility index (Phi) is 4.08. The molecule has 20 heavy (non-hydrogen) atoms. The third-order valence-corrected chi connectivity index (χ3v) is 4.92. The van der Waals surface area contributed by atoms with Gasteiger partial charge in [-0.1, -0.05) is 24.6 Å². The number of nitrogens with one attached hydrogen (secondary N) is 1. The molecule has 0 fully saturated rings. The lowest BCUT2D eigenvalue weighted by atomic mass is 10.1. The van der Waals surface area contributed by atoms with Crippen LogP contribution in [0.4, 0.5) is 0 Å². The van der Waals surface area contributed by atoms with E-state index in [9.17, 15) is 0 Å². The summed E-state index contributed by atoms with van der Waals surface area (Å²) in [5.41, 5.74) is 2.66. The van der Waals surface area contributed by atoms with Crippen molar-refractivity contribution in [1.82, 2.24) is 5.32 Å². The molecule has 0 spiro atoms. The first kappa shape index (κ1) is 13.7. The first-order valence-electron chi connectivity index (χ1n) is 7.29. The average molecular weight is 287 g/mol. The van der Waals surface area contributed by atoms with Gasteiger partial charge in [-0.25, -0.2) is 0 Å². The normalized spacial score (nSPS) is 17.0. The van der Waals surface area contributed by atoms with Crippen molar-refractivity contribution >= 4 is 11.3 Å². The van der Waals surface area contributed by atoms with E-state index in [0.29, 0.717) is 0 Å². The smallest absolute Gasteiger partial charge is 0.123 e. The number of ether oxygens (including phenoxy) is 1. The quantitative estimate of drug-likeness (QED) is 0.905. The maximum atomic E-state index is 5.97. The molecule has 1 aliphatic rings. The van der Waals surface area contributed by atoms with Gasteiger partial charge in [-0.2, -0.15) is 0 Å². The predicted octanol–water partition coefficient (Wildman–Crippen LogP) is 3.71. The van der Waals surface area contributed by atoms with Crippen LogP contribution in [-0.4, -0.2) is 12.6 Å². The topological polar surface area (TPSA) is 21.3 Å². The second-order valence-electron chi connectivity index (χ2n) is 5.41. The van der Waals surface area contributed by atoms with Gasteiger partial charge in [-0.05, 0) is 37.1 Å². The molecular weight excluding hydrogens is 266 g/mol. The maximum Gasteiger partial charge on any atom is 0.123 e. The summed E-state index contributed by atoms with van der Waals surface area (Å²) in [7, 11) is 0. The van der Waals surface area contributed by atoms with Gasteiger partial charge < -0.3 is 10.1 Å². The SMILES string of the molecule is CCc1ccc(CNCC2Cc3cc(C)ccc3O2)s1. The van der Waals surface area contributed by atoms with E-state index < -0.39 is 0 Å². The van der Waals surface area contributed by atoms with Crippen molar-refractivity contribution in [3.05, 3.63) is 51.2 Å². The van der Waals surface area contributed by atoms with Crippen molar-refractivity contribution in [1.29, 1.82) is 0 Å². The Morgan fingerprint density at radius 2 is 2.10 bits per heavy atom. The molecule has 0 radical (unpaired) electrons. The molecule has 1 aromatic carbocycles. The number of fused-ring (bicyclic) bond motifs is 1. The van der Waals surface area contributed by atoms with Gasteiger partial charge in [0.25, 0.3) is 0 Å². The maximum absolute atomic E-state index is 5.97. The van der Waals surface area contributed by atoms with Crippen LogP contribution in [0.2, 0.25) is 0 Å². The summed E-state index contributed by atoms with van der Waals surface area (Å²) >= 11 is 1.90. The third kappa shape index (κ3) is 3.05. The second-order valence-corrected chi connectivity index (χ2v) is 6.66. The van der Waals surface area contributed by atoms with Crippen molar-refractivity contribution in [3.8, 4) is 5.75 Å². The van der Waals surface area contributed by atoms with E-state index in [-0.39, 0.29) is 6.10 Å². The van der Waals surface area contributed by atoms with Gasteiger partial charge in [0, 0.05) is 29.3 Å². The Morgan fingerprint density at radius 3 is 2.90 bits per heavy atom. The summed E-state index contributed by atoms with van der Waals surface area (Å²) < 4.78 is 5.97. The average Bonchev–Trinajstić information content (AvgIpc) is 3.04. The Balaban J connectivity index is 1.49. The number of thiophene rings is 1. The zero-order chi connectivity index (χ0) is 13.9. The number of hydrogen-bond acceptors (Lipinski definition) is 3. The Bertz CT molecular complexity index is 590. The Morgan fingerprint density at radius 1 is 1.25 bits per heavy atom. The summed E-state index contributed by atoms with van der Waals surface area (Å²) in [4.78, 5) is 2.87. The van der Waals surface area contributed by atoms with Gasteiger partial charge in [-0.3, -0.25) is 0 Å². The summed E-state index contributed by atoms with van der Waals surface area (Å²) in [5.74, 6) is 1.06. The largest absolute Gasteiger partial charge is 0.488 e. The van der Waals surface area contributed by atoms with E-state index >= 15 is 0 Å². The number of aryl methyl sites for hydroxylation is 2. The number of hydrogen-bond donors (Lipinski definition) is 1. The molecule has 0 bridgehead atoms. The van der Waals surface area contributed by atoms with Crippen LogP contribution in [0.15, 0.2) is 30.3 Å². The molecule has 0 saturated carbocycles. The molecule has 2 aromatic rings. The molecule has 0 saturated heterocycles. The molecule has 3 rings (SSSR count). The van der Waals surface area contributed by atoms with Crippen LogP contribution in [-0.2, 0) is 19.4 Å². The lowest BCUT2D eigenvalue weighted by Crippen LogP contribution is -2.29. The minimum Gasteiger partial charge on any atom is -0.488 e. The summed E-state index contributed by atoms with van der Waals surface area (Å²) in [6, 6.07) is 10.9. The van der Waals surface area contributed by atoms with Crippen molar-refractivity contribution in [2.75, 3.05) is 6.54 Å². The monoisotopic (exact) mass is 287 g/mol. The van der Waals surface area contributed by atoms with Crippen LogP contribution < -0.4 is 10.1 Å². The zero-order valence-electron chi connectivity index (χ0n) is 12.1. The fourth-order valence-corrected chi connectivity index (χ4v) is 3.55. The van der Waals surface area contributed by atoms with Crippen molar-refractivity contribution in [3.63, 3.8) is 0 Å². The molecule has 2 nitrogen and oxygen atoms in total. The van der Waals surface area contributed by atoms with Crippen molar-refractivity contribution < 1.29 is 4.74 Å².